The first-order chi connectivity index (χ1) is 19.4. The van der Waals surface area contributed by atoms with Crippen molar-refractivity contribution in [2.45, 2.75) is 31.3 Å². The van der Waals surface area contributed by atoms with Crippen LogP contribution in [-0.2, 0) is 20.8 Å². The molecule has 0 saturated carbocycles. The van der Waals surface area contributed by atoms with Crippen molar-refractivity contribution in [3.8, 4) is 11.5 Å². The molecule has 3 rings (SSSR count). The highest BCUT2D eigenvalue weighted by Gasteiger charge is 2.26. The molecule has 11 heteroatoms. The molecule has 1 aromatic heterocycles. The van der Waals surface area contributed by atoms with Gasteiger partial charge in [0.2, 0.25) is 17.7 Å². The Morgan fingerprint density at radius 1 is 0.875 bits per heavy atom. The molecule has 3 amide bonds. The molecular formula is C29H37N7O4. The van der Waals surface area contributed by atoms with E-state index in [1.54, 1.807) is 48.8 Å². The number of hydrogen-bond donors (Lipinski definition) is 5. The number of anilines is 1. The molecule has 0 aliphatic carbocycles. The van der Waals surface area contributed by atoms with Crippen molar-refractivity contribution in [2.75, 3.05) is 31.5 Å². The van der Waals surface area contributed by atoms with Crippen LogP contribution in [0.1, 0.15) is 18.4 Å². The number of nitrogens with two attached hydrogens (primary N) is 3. The van der Waals surface area contributed by atoms with Gasteiger partial charge in [0, 0.05) is 38.1 Å². The van der Waals surface area contributed by atoms with Crippen molar-refractivity contribution in [1.29, 1.82) is 0 Å². The van der Waals surface area contributed by atoms with E-state index in [4.69, 9.17) is 21.9 Å². The molecule has 40 heavy (non-hydrogen) atoms. The van der Waals surface area contributed by atoms with Gasteiger partial charge in [-0.15, -0.1) is 0 Å². The standard InChI is InChI=1S/C29H37N7O4/c30-14-17-36(18-15-31)27(37)19-25(32)28(38)35-26(13-8-21-5-2-1-3-6-21)29(39)34-22-9-11-23(12-10-22)40-24-7-4-16-33-20-24/h1-7,9-12,16,20,25-26H,8,13-15,17-19,30-32H2,(H,34,39)(H,35,38)/t25-,26-/m0/s1. The minimum atomic E-state index is -1.14. The second-order valence-corrected chi connectivity index (χ2v) is 9.16. The average molecular weight is 548 g/mol. The van der Waals surface area contributed by atoms with E-state index >= 15 is 0 Å². The molecule has 0 aliphatic heterocycles. The number of benzene rings is 2. The third-order valence-electron chi connectivity index (χ3n) is 6.07. The zero-order valence-corrected chi connectivity index (χ0v) is 22.4. The van der Waals surface area contributed by atoms with E-state index in [0.717, 1.165) is 5.56 Å². The summed E-state index contributed by atoms with van der Waals surface area (Å²) in [5.41, 5.74) is 18.8. The fourth-order valence-corrected chi connectivity index (χ4v) is 3.97. The smallest absolute Gasteiger partial charge is 0.246 e. The normalized spacial score (nSPS) is 12.2. The minimum absolute atomic E-state index is 0.225. The molecule has 212 valence electrons. The van der Waals surface area contributed by atoms with E-state index in [1.165, 1.54) is 4.90 Å². The first-order valence-corrected chi connectivity index (χ1v) is 13.2. The van der Waals surface area contributed by atoms with Crippen molar-refractivity contribution in [1.82, 2.24) is 15.2 Å². The third-order valence-corrected chi connectivity index (χ3v) is 6.07. The monoisotopic (exact) mass is 547 g/mol. The topological polar surface area (TPSA) is 179 Å². The Balaban J connectivity index is 1.65. The molecule has 2 atom stereocenters. The van der Waals surface area contributed by atoms with Gasteiger partial charge in [-0.3, -0.25) is 19.4 Å². The van der Waals surface area contributed by atoms with E-state index in [9.17, 15) is 14.4 Å². The van der Waals surface area contributed by atoms with Gasteiger partial charge in [0.25, 0.3) is 0 Å². The largest absolute Gasteiger partial charge is 0.456 e. The van der Waals surface area contributed by atoms with E-state index in [-0.39, 0.29) is 25.4 Å². The molecule has 0 aliphatic rings. The van der Waals surface area contributed by atoms with Crippen molar-refractivity contribution < 1.29 is 19.1 Å². The summed E-state index contributed by atoms with van der Waals surface area (Å²) in [6.45, 7) is 1.17. The maximum atomic E-state index is 13.3. The SMILES string of the molecule is NCCN(CCN)C(=O)C[C@H](N)C(=O)N[C@@H](CCc1ccccc1)C(=O)Nc1ccc(Oc2cccnc2)cc1. The van der Waals surface area contributed by atoms with E-state index in [0.29, 0.717) is 43.1 Å². The Kier molecular flexibility index (Phi) is 12.0. The zero-order chi connectivity index (χ0) is 28.7. The van der Waals surface area contributed by atoms with E-state index < -0.39 is 23.9 Å². The molecular weight excluding hydrogens is 510 g/mol. The summed E-state index contributed by atoms with van der Waals surface area (Å²) < 4.78 is 5.74. The number of amides is 3. The minimum Gasteiger partial charge on any atom is -0.456 e. The van der Waals surface area contributed by atoms with Gasteiger partial charge >= 0.3 is 0 Å². The van der Waals surface area contributed by atoms with Gasteiger partial charge in [0.15, 0.2) is 0 Å². The van der Waals surface area contributed by atoms with Crippen LogP contribution in [0.2, 0.25) is 0 Å². The highest BCUT2D eigenvalue weighted by Crippen LogP contribution is 2.22. The Hall–Kier alpha value is -4.32. The number of aryl methyl sites for hydroxylation is 1. The van der Waals surface area contributed by atoms with Crippen LogP contribution in [0.5, 0.6) is 11.5 Å². The number of carbonyl (C=O) groups is 3. The first kappa shape index (κ1) is 30.2. The van der Waals surface area contributed by atoms with Gasteiger partial charge < -0.3 is 37.5 Å². The molecule has 0 fully saturated rings. The quantitative estimate of drug-likeness (QED) is 0.189. The first-order valence-electron chi connectivity index (χ1n) is 13.2. The Morgan fingerprint density at radius 2 is 1.57 bits per heavy atom. The molecule has 0 unspecified atom stereocenters. The summed E-state index contributed by atoms with van der Waals surface area (Å²) in [4.78, 5) is 44.3. The number of nitrogens with one attached hydrogen (secondary N) is 2. The fraction of sp³-hybridized carbons (Fsp3) is 0.310. The summed E-state index contributed by atoms with van der Waals surface area (Å²) in [5, 5.41) is 5.57. The average Bonchev–Trinajstić information content (AvgIpc) is 2.97. The third kappa shape index (κ3) is 9.77. The number of carbonyl (C=O) groups excluding carboxylic acids is 3. The molecule has 2 aromatic carbocycles. The van der Waals surface area contributed by atoms with Crippen molar-refractivity contribution >= 4 is 23.4 Å². The van der Waals surface area contributed by atoms with Crippen LogP contribution in [0, 0.1) is 0 Å². The second kappa shape index (κ2) is 15.9. The summed E-state index contributed by atoms with van der Waals surface area (Å²) in [5.74, 6) is -0.155. The number of aromatic nitrogens is 1. The van der Waals surface area contributed by atoms with E-state index in [2.05, 4.69) is 15.6 Å². The maximum Gasteiger partial charge on any atom is 0.246 e. The summed E-state index contributed by atoms with van der Waals surface area (Å²) in [6, 6.07) is 18.0. The van der Waals surface area contributed by atoms with Gasteiger partial charge in [-0.25, -0.2) is 0 Å². The zero-order valence-electron chi connectivity index (χ0n) is 22.4. The highest BCUT2D eigenvalue weighted by atomic mass is 16.5. The fourth-order valence-electron chi connectivity index (χ4n) is 3.97. The van der Waals surface area contributed by atoms with Crippen LogP contribution in [0.3, 0.4) is 0 Å². The van der Waals surface area contributed by atoms with Gasteiger partial charge in [-0.2, -0.15) is 0 Å². The van der Waals surface area contributed by atoms with Crippen molar-refractivity contribution in [2.24, 2.45) is 17.2 Å². The van der Waals surface area contributed by atoms with Crippen molar-refractivity contribution in [3.05, 3.63) is 84.7 Å². The number of hydrogen-bond acceptors (Lipinski definition) is 8. The lowest BCUT2D eigenvalue weighted by molar-refractivity contribution is -0.134. The molecule has 11 nitrogen and oxygen atoms in total. The van der Waals surface area contributed by atoms with E-state index in [1.807, 2.05) is 30.3 Å². The molecule has 8 N–H and O–H groups in total. The number of rotatable bonds is 15. The van der Waals surface area contributed by atoms with Crippen molar-refractivity contribution in [3.63, 3.8) is 0 Å². The van der Waals surface area contributed by atoms with Gasteiger partial charge in [-0.1, -0.05) is 30.3 Å². The maximum absolute atomic E-state index is 13.3. The molecule has 3 aromatic rings. The Bertz CT molecular complexity index is 1200. The summed E-state index contributed by atoms with van der Waals surface area (Å²) in [6.07, 6.45) is 3.91. The lowest BCUT2D eigenvalue weighted by Crippen LogP contribution is -2.52. The lowest BCUT2D eigenvalue weighted by Gasteiger charge is -2.24. The van der Waals surface area contributed by atoms with Crippen LogP contribution in [0.4, 0.5) is 5.69 Å². The Labute approximate surface area is 234 Å². The molecule has 0 saturated heterocycles. The van der Waals surface area contributed by atoms with Gasteiger partial charge in [0.05, 0.1) is 18.7 Å². The number of ether oxygens (including phenoxy) is 1. The molecule has 0 bridgehead atoms. The lowest BCUT2D eigenvalue weighted by atomic mass is 10.0. The summed E-state index contributed by atoms with van der Waals surface area (Å²) in [7, 11) is 0. The highest BCUT2D eigenvalue weighted by molar-refractivity contribution is 5.98. The molecule has 0 spiro atoms. The predicted octanol–water partition coefficient (Wildman–Crippen LogP) is 1.39. The number of pyridine rings is 1. The van der Waals surface area contributed by atoms with Crippen LogP contribution in [-0.4, -0.2) is 65.9 Å². The molecule has 0 radical (unpaired) electrons. The van der Waals surface area contributed by atoms with Crippen LogP contribution in [0.15, 0.2) is 79.1 Å². The summed E-state index contributed by atoms with van der Waals surface area (Å²) >= 11 is 0. The van der Waals surface area contributed by atoms with Crippen LogP contribution in [0.25, 0.3) is 0 Å². The second-order valence-electron chi connectivity index (χ2n) is 9.16. The van der Waals surface area contributed by atoms with Crippen LogP contribution >= 0.6 is 0 Å². The predicted molar refractivity (Wildman–Crippen MR) is 153 cm³/mol. The number of nitrogens with zero attached hydrogens (tertiary/aromatic N) is 2. The Morgan fingerprint density at radius 3 is 2.20 bits per heavy atom. The van der Waals surface area contributed by atoms with Crippen LogP contribution < -0.4 is 32.6 Å². The molecule has 1 heterocycles. The van der Waals surface area contributed by atoms with Gasteiger partial charge in [0.1, 0.15) is 17.5 Å². The van der Waals surface area contributed by atoms with Gasteiger partial charge in [-0.05, 0) is 54.8 Å².